The van der Waals surface area contributed by atoms with Gasteiger partial charge in [-0.15, -0.1) is 0 Å². The van der Waals surface area contributed by atoms with Gasteiger partial charge in [0.05, 0.1) is 0 Å². The zero-order valence-corrected chi connectivity index (χ0v) is 16.0. The first-order valence-corrected chi connectivity index (χ1v) is 9.93. The van der Waals surface area contributed by atoms with Crippen molar-refractivity contribution in [3.8, 4) is 0 Å². The smallest absolute Gasteiger partial charge is 0.541 e. The maximum absolute atomic E-state index is 2.20. The Kier molecular flexibility index (Phi) is 59.3. The summed E-state index contributed by atoms with van der Waals surface area (Å²) in [4.78, 5) is 0. The molecule has 0 heterocycles. The number of hydrogen-bond acceptors (Lipinski definition) is 0. The monoisotopic (exact) mass is 294 g/mol. The third-order valence-electron chi connectivity index (χ3n) is 1.34. The minimum absolute atomic E-state index is 0. The van der Waals surface area contributed by atoms with Crippen molar-refractivity contribution in [1.82, 2.24) is 0 Å². The second kappa shape index (κ2) is 36.0. The van der Waals surface area contributed by atoms with Gasteiger partial charge in [-0.1, -0.05) is 41.5 Å². The molecule has 0 nitrogen and oxygen atoms in total. The Morgan fingerprint density at radius 3 is 0.562 bits per heavy atom. The number of hydrogen-bond donors (Lipinski definition) is 0. The predicted octanol–water partition coefficient (Wildman–Crippen LogP) is 5.54. The molecule has 0 aromatic heterocycles. The molecule has 0 saturated heterocycles. The van der Waals surface area contributed by atoms with Crippen LogP contribution in [0, 0.1) is 0 Å². The Bertz CT molecular complexity index is 53.0. The fraction of sp³-hybridized carbons (Fsp3) is 1.00. The van der Waals surface area contributed by atoms with Crippen LogP contribution >= 0.6 is 25.7 Å². The Hall–Kier alpha value is 1.82. The van der Waals surface area contributed by atoms with Crippen molar-refractivity contribution in [1.29, 1.82) is 0 Å². The summed E-state index contributed by atoms with van der Waals surface area (Å²) >= 11 is 0. The van der Waals surface area contributed by atoms with E-state index in [0.29, 0.717) is 0 Å². The molecule has 0 bridgehead atoms. The van der Waals surface area contributed by atoms with Crippen molar-refractivity contribution in [3.63, 3.8) is 0 Å². The van der Waals surface area contributed by atoms with E-state index >= 15 is 0 Å². The van der Waals surface area contributed by atoms with Gasteiger partial charge in [-0.2, -0.15) is 37.0 Å². The van der Waals surface area contributed by atoms with Crippen LogP contribution in [0.3, 0.4) is 0 Å². The molecule has 0 spiro atoms. The molecule has 16 heavy (non-hydrogen) atoms. The average molecular weight is 294 g/mol. The summed E-state index contributed by atoms with van der Waals surface area (Å²) < 4.78 is 0. The van der Waals surface area contributed by atoms with Crippen LogP contribution < -0.4 is 0 Å². The largest absolute Gasteiger partial charge is 3.00 e. The van der Waals surface area contributed by atoms with Crippen molar-refractivity contribution < 1.29 is 0 Å². The van der Waals surface area contributed by atoms with Crippen LogP contribution in [0.5, 0.6) is 0 Å². The second-order valence-electron chi connectivity index (χ2n) is 2.57. The van der Waals surface area contributed by atoms with Crippen LogP contribution in [0.1, 0.15) is 41.5 Å². The molecule has 0 N–H and O–H groups in total. The molecule has 0 aliphatic heterocycles. The minimum atomic E-state index is 0. The summed E-state index contributed by atoms with van der Waals surface area (Å²) in [7, 11) is 4.74. The molecule has 0 fully saturated rings. The van der Waals surface area contributed by atoms with Gasteiger partial charge < -0.3 is 25.7 Å². The van der Waals surface area contributed by atoms with Gasteiger partial charge in [0.2, 0.25) is 0 Å². The third-order valence-corrected chi connectivity index (χ3v) is 4.02. The Morgan fingerprint density at radius 1 is 0.438 bits per heavy atom. The molecule has 0 amide bonds. The summed E-state index contributed by atoms with van der Waals surface area (Å²) in [5, 5.41) is 0. The van der Waals surface area contributed by atoms with E-state index in [1.807, 2.05) is 0 Å². The summed E-state index contributed by atoms with van der Waals surface area (Å²) in [6.45, 7) is 13.2. The molecule has 0 aromatic rings. The van der Waals surface area contributed by atoms with E-state index in [1.54, 1.807) is 25.7 Å². The van der Waals surface area contributed by atoms with Gasteiger partial charge in [0, 0.05) is 0 Å². The molecule has 4 heteroatoms. The minimum Gasteiger partial charge on any atom is -0.541 e. The summed E-state index contributed by atoms with van der Waals surface area (Å²) in [5.41, 5.74) is 0. The normalized spacial score (nSPS) is 7.88. The van der Waals surface area contributed by atoms with Gasteiger partial charge in [-0.3, -0.25) is 0 Å². The van der Waals surface area contributed by atoms with Gasteiger partial charge in [0.1, 0.15) is 0 Å². The Morgan fingerprint density at radius 2 is 0.562 bits per heavy atom. The van der Waals surface area contributed by atoms with E-state index in [0.717, 1.165) is 0 Å². The van der Waals surface area contributed by atoms with Crippen molar-refractivity contribution in [3.05, 3.63) is 0 Å². The maximum Gasteiger partial charge on any atom is 3.00 e. The van der Waals surface area contributed by atoms with Crippen molar-refractivity contribution in [2.24, 2.45) is 0 Å². The molecule has 96 valence electrons. The summed E-state index contributed by atoms with van der Waals surface area (Å²) in [5.74, 6) is 0. The van der Waals surface area contributed by atoms with Gasteiger partial charge in [0.25, 0.3) is 0 Å². The second-order valence-corrected chi connectivity index (χ2v) is 7.70. The van der Waals surface area contributed by atoms with E-state index in [1.165, 1.54) is 37.0 Å². The summed E-state index contributed by atoms with van der Waals surface area (Å²) in [6, 6.07) is 0. The zero-order valence-electron chi connectivity index (χ0n) is 12.2. The summed E-state index contributed by atoms with van der Waals surface area (Å²) in [6.07, 6.45) is 7.90. The van der Waals surface area contributed by atoms with Crippen LogP contribution in [0.15, 0.2) is 0 Å². The van der Waals surface area contributed by atoms with Crippen molar-refractivity contribution in [2.45, 2.75) is 41.5 Å². The van der Waals surface area contributed by atoms with Gasteiger partial charge in [-0.25, -0.2) is 0 Å². The van der Waals surface area contributed by atoms with E-state index in [9.17, 15) is 0 Å². The van der Waals surface area contributed by atoms with E-state index in [4.69, 9.17) is 0 Å². The fourth-order valence-electron chi connectivity index (χ4n) is 0.671. The molecule has 0 aliphatic carbocycles. The van der Waals surface area contributed by atoms with Crippen LogP contribution in [0.2, 0.25) is 0 Å². The van der Waals surface area contributed by atoms with E-state index in [-0.39, 0.29) is 17.4 Å². The van der Waals surface area contributed by atoms with E-state index in [2.05, 4.69) is 41.5 Å². The first-order chi connectivity index (χ1) is 7.24. The van der Waals surface area contributed by atoms with E-state index < -0.39 is 0 Å². The van der Waals surface area contributed by atoms with Crippen LogP contribution in [-0.4, -0.2) is 54.3 Å². The molecule has 0 atom stereocenters. The van der Waals surface area contributed by atoms with Crippen LogP contribution in [0.25, 0.3) is 0 Å². The first-order valence-electron chi connectivity index (χ1n) is 6.14. The molecule has 0 aliphatic rings. The Labute approximate surface area is 121 Å². The topological polar surface area (TPSA) is 0 Å². The molecular formula is C12H30AlP3. The molecule has 0 saturated carbocycles. The maximum atomic E-state index is 2.20. The molecular weight excluding hydrogens is 264 g/mol. The average Bonchev–Trinajstić information content (AvgIpc) is 2.23. The quantitative estimate of drug-likeness (QED) is 0.446. The van der Waals surface area contributed by atoms with Crippen LogP contribution in [-0.2, 0) is 0 Å². The predicted molar refractivity (Wildman–Crippen MR) is 89.8 cm³/mol. The van der Waals surface area contributed by atoms with Gasteiger partial charge >= 0.3 is 17.4 Å². The molecule has 0 rings (SSSR count). The Balaban J connectivity index is -0.0000000655. The SMILES string of the molecule is CC[P-]CC.CC[P-]CC.CC[P-]CC.[Al+3]. The standard InChI is InChI=1S/3C4H10P.Al/c3*1-3-5-4-2;/h3*3-4H2,1-2H3;/q3*-1;+3. The fourth-order valence-corrected chi connectivity index (χ4v) is 2.01. The molecule has 0 unspecified atom stereocenters. The third kappa shape index (κ3) is 56.8. The van der Waals surface area contributed by atoms with Crippen molar-refractivity contribution >= 4 is 43.1 Å². The number of rotatable bonds is 6. The molecule has 0 radical (unpaired) electrons. The molecule has 0 aromatic carbocycles. The van der Waals surface area contributed by atoms with Crippen LogP contribution in [0.4, 0.5) is 0 Å². The van der Waals surface area contributed by atoms with Crippen molar-refractivity contribution in [2.75, 3.05) is 37.0 Å². The first kappa shape index (κ1) is 26.4. The van der Waals surface area contributed by atoms with Gasteiger partial charge in [-0.05, 0) is 0 Å². The van der Waals surface area contributed by atoms with Gasteiger partial charge in [0.15, 0.2) is 0 Å². The zero-order chi connectivity index (χ0) is 12.4.